The van der Waals surface area contributed by atoms with E-state index in [1.165, 1.54) is 11.8 Å². The van der Waals surface area contributed by atoms with Crippen molar-refractivity contribution in [1.82, 2.24) is 9.55 Å². The Labute approximate surface area is 173 Å². The maximum Gasteiger partial charge on any atom is 0.227 e. The summed E-state index contributed by atoms with van der Waals surface area (Å²) in [6, 6.07) is 15.3. The third kappa shape index (κ3) is 4.21. The fraction of sp³-hybridized carbons (Fsp3) is 0.318. The summed E-state index contributed by atoms with van der Waals surface area (Å²) in [6.45, 7) is 2.02. The van der Waals surface area contributed by atoms with Gasteiger partial charge in [0.25, 0.3) is 0 Å². The number of benzene rings is 2. The van der Waals surface area contributed by atoms with E-state index in [1.54, 1.807) is 24.1 Å². The van der Waals surface area contributed by atoms with Gasteiger partial charge in [-0.3, -0.25) is 9.59 Å². The fourth-order valence-electron chi connectivity index (χ4n) is 3.52. The molecule has 0 N–H and O–H groups in total. The number of aromatic nitrogens is 2. The highest BCUT2D eigenvalue weighted by Crippen LogP contribution is 2.26. The van der Waals surface area contributed by atoms with E-state index in [0.29, 0.717) is 30.9 Å². The van der Waals surface area contributed by atoms with Gasteiger partial charge in [-0.05, 0) is 42.8 Å². The van der Waals surface area contributed by atoms with Crippen molar-refractivity contribution in [3.8, 4) is 0 Å². The van der Waals surface area contributed by atoms with Gasteiger partial charge in [-0.25, -0.2) is 4.98 Å². The number of Topliss-reactive ketones (excluding diaryl/α,β-unsaturated/α-hetero) is 1. The maximum atomic E-state index is 12.7. The molecule has 2 aromatic carbocycles. The number of para-hydroxylation sites is 2. The number of imidazole rings is 1. The van der Waals surface area contributed by atoms with Crippen molar-refractivity contribution in [1.29, 1.82) is 0 Å². The van der Waals surface area contributed by atoms with Gasteiger partial charge in [0.15, 0.2) is 10.9 Å². The maximum absolute atomic E-state index is 12.7. The lowest BCUT2D eigenvalue weighted by Crippen LogP contribution is -2.23. The minimum absolute atomic E-state index is 0.0413. The van der Waals surface area contributed by atoms with Crippen LogP contribution >= 0.6 is 11.8 Å². The monoisotopic (exact) mass is 409 g/mol. The summed E-state index contributed by atoms with van der Waals surface area (Å²) in [7, 11) is 1.68. The van der Waals surface area contributed by atoms with E-state index in [4.69, 9.17) is 4.74 Å². The minimum atomic E-state index is 0.0413. The van der Waals surface area contributed by atoms with Crippen LogP contribution in [0.4, 0.5) is 5.69 Å². The molecule has 29 heavy (non-hydrogen) atoms. The van der Waals surface area contributed by atoms with Crippen molar-refractivity contribution in [2.45, 2.75) is 24.5 Å². The number of fused-ring (bicyclic) bond motifs is 1. The molecule has 150 valence electrons. The van der Waals surface area contributed by atoms with Crippen LogP contribution in [0.25, 0.3) is 11.0 Å². The summed E-state index contributed by atoms with van der Waals surface area (Å²) < 4.78 is 7.32. The van der Waals surface area contributed by atoms with Gasteiger partial charge in [-0.2, -0.15) is 0 Å². The summed E-state index contributed by atoms with van der Waals surface area (Å²) in [5.74, 6) is 0.493. The van der Waals surface area contributed by atoms with Crippen LogP contribution in [0.1, 0.15) is 23.2 Å². The molecule has 2 heterocycles. The first-order chi connectivity index (χ1) is 14.2. The minimum Gasteiger partial charge on any atom is -0.383 e. The van der Waals surface area contributed by atoms with Gasteiger partial charge in [0.1, 0.15) is 0 Å². The molecule has 4 rings (SSSR count). The molecule has 0 radical (unpaired) electrons. The van der Waals surface area contributed by atoms with Crippen LogP contribution < -0.4 is 4.90 Å². The van der Waals surface area contributed by atoms with Crippen molar-refractivity contribution >= 4 is 40.2 Å². The lowest BCUT2D eigenvalue weighted by atomic mass is 10.1. The third-order valence-corrected chi connectivity index (χ3v) is 6.02. The van der Waals surface area contributed by atoms with Gasteiger partial charge >= 0.3 is 0 Å². The van der Waals surface area contributed by atoms with Gasteiger partial charge < -0.3 is 14.2 Å². The number of amides is 1. The van der Waals surface area contributed by atoms with Crippen LogP contribution in [0.3, 0.4) is 0 Å². The number of nitrogens with zero attached hydrogens (tertiary/aromatic N) is 3. The lowest BCUT2D eigenvalue weighted by Gasteiger charge is -2.15. The van der Waals surface area contributed by atoms with Crippen LogP contribution in [0.5, 0.6) is 0 Å². The molecular weight excluding hydrogens is 386 g/mol. The summed E-state index contributed by atoms with van der Waals surface area (Å²) >= 11 is 1.44. The molecule has 1 aliphatic rings. The van der Waals surface area contributed by atoms with Gasteiger partial charge in [-0.1, -0.05) is 23.9 Å². The SMILES string of the molecule is COCCn1c(SCC(=O)c2ccc(N3CCCC3=O)cc2)nc2ccccc21. The zero-order valence-electron chi connectivity index (χ0n) is 16.3. The van der Waals surface area contributed by atoms with Crippen molar-refractivity contribution in [2.75, 3.05) is 30.9 Å². The number of carbonyl (C=O) groups excluding carboxylic acids is 2. The summed E-state index contributed by atoms with van der Waals surface area (Å²) in [6.07, 6.45) is 1.49. The molecule has 1 fully saturated rings. The number of hydrogen-bond acceptors (Lipinski definition) is 5. The Hall–Kier alpha value is -2.64. The van der Waals surface area contributed by atoms with E-state index in [0.717, 1.165) is 34.8 Å². The van der Waals surface area contributed by atoms with E-state index in [1.807, 2.05) is 36.4 Å². The Bertz CT molecular complexity index is 1030. The van der Waals surface area contributed by atoms with Gasteiger partial charge in [-0.15, -0.1) is 0 Å². The standard InChI is InChI=1S/C22H23N3O3S/c1-28-14-13-25-19-6-3-2-5-18(19)23-22(25)29-15-20(26)16-8-10-17(11-9-16)24-12-4-7-21(24)27/h2-3,5-6,8-11H,4,7,12-15H2,1H3. The van der Waals surface area contributed by atoms with Crippen LogP contribution in [0, 0.1) is 0 Å². The van der Waals surface area contributed by atoms with Crippen LogP contribution in [0.2, 0.25) is 0 Å². The molecule has 1 amide bonds. The van der Waals surface area contributed by atoms with Crippen molar-refractivity contribution in [2.24, 2.45) is 0 Å². The van der Waals surface area contributed by atoms with Crippen molar-refractivity contribution < 1.29 is 14.3 Å². The molecule has 0 saturated carbocycles. The molecule has 1 aromatic heterocycles. The van der Waals surface area contributed by atoms with E-state index in [2.05, 4.69) is 9.55 Å². The normalized spacial score (nSPS) is 14.1. The number of ketones is 1. The Morgan fingerprint density at radius 1 is 1.17 bits per heavy atom. The topological polar surface area (TPSA) is 64.4 Å². The number of anilines is 1. The van der Waals surface area contributed by atoms with Gasteiger partial charge in [0, 0.05) is 37.9 Å². The number of carbonyl (C=O) groups is 2. The van der Waals surface area contributed by atoms with Crippen LogP contribution in [-0.2, 0) is 16.1 Å². The highest BCUT2D eigenvalue weighted by atomic mass is 32.2. The molecule has 1 aliphatic heterocycles. The molecule has 6 nitrogen and oxygen atoms in total. The third-order valence-electron chi connectivity index (χ3n) is 5.05. The van der Waals surface area contributed by atoms with Gasteiger partial charge in [0.2, 0.25) is 5.91 Å². The molecule has 0 unspecified atom stereocenters. The Morgan fingerprint density at radius 2 is 1.97 bits per heavy atom. The Morgan fingerprint density at radius 3 is 2.69 bits per heavy atom. The van der Waals surface area contributed by atoms with Crippen molar-refractivity contribution in [3.05, 3.63) is 54.1 Å². The highest BCUT2D eigenvalue weighted by Gasteiger charge is 2.21. The zero-order valence-corrected chi connectivity index (χ0v) is 17.2. The molecule has 0 bridgehead atoms. The van der Waals surface area contributed by atoms with Crippen LogP contribution in [-0.4, -0.2) is 47.3 Å². The number of thioether (sulfide) groups is 1. The average molecular weight is 410 g/mol. The van der Waals surface area contributed by atoms with E-state index in [-0.39, 0.29) is 11.7 Å². The molecule has 0 spiro atoms. The second kappa shape index (κ2) is 8.80. The zero-order chi connectivity index (χ0) is 20.2. The Kier molecular flexibility index (Phi) is 5.97. The smallest absolute Gasteiger partial charge is 0.227 e. The average Bonchev–Trinajstić information content (AvgIpc) is 3.33. The first kappa shape index (κ1) is 19.7. The second-order valence-corrected chi connectivity index (χ2v) is 7.88. The summed E-state index contributed by atoms with van der Waals surface area (Å²) in [5, 5.41) is 0.816. The molecule has 0 aliphatic carbocycles. The molecule has 3 aromatic rings. The lowest BCUT2D eigenvalue weighted by molar-refractivity contribution is -0.117. The predicted molar refractivity (Wildman–Crippen MR) is 115 cm³/mol. The van der Waals surface area contributed by atoms with Crippen molar-refractivity contribution in [3.63, 3.8) is 0 Å². The Balaban J connectivity index is 1.46. The first-order valence-electron chi connectivity index (χ1n) is 9.68. The molecular formula is C22H23N3O3S. The number of rotatable bonds is 8. The van der Waals surface area contributed by atoms with Gasteiger partial charge in [0.05, 0.1) is 23.4 Å². The molecule has 7 heteroatoms. The number of methoxy groups -OCH3 is 1. The molecule has 1 saturated heterocycles. The number of ether oxygens (including phenoxy) is 1. The largest absolute Gasteiger partial charge is 0.383 e. The quantitative estimate of drug-likeness (QED) is 0.418. The summed E-state index contributed by atoms with van der Waals surface area (Å²) in [5.41, 5.74) is 3.46. The van der Waals surface area contributed by atoms with E-state index >= 15 is 0 Å². The predicted octanol–water partition coefficient (Wildman–Crippen LogP) is 3.78. The van der Waals surface area contributed by atoms with E-state index in [9.17, 15) is 9.59 Å². The molecule has 0 atom stereocenters. The highest BCUT2D eigenvalue weighted by molar-refractivity contribution is 7.99. The van der Waals surface area contributed by atoms with E-state index < -0.39 is 0 Å². The number of hydrogen-bond donors (Lipinski definition) is 0. The van der Waals surface area contributed by atoms with Crippen LogP contribution in [0.15, 0.2) is 53.7 Å². The summed E-state index contributed by atoms with van der Waals surface area (Å²) in [4.78, 5) is 31.0. The second-order valence-electron chi connectivity index (χ2n) is 6.94. The first-order valence-corrected chi connectivity index (χ1v) is 10.7. The fourth-order valence-corrected chi connectivity index (χ4v) is 4.46.